The van der Waals surface area contributed by atoms with Gasteiger partial charge < -0.3 is 5.11 Å². The molecule has 0 aliphatic carbocycles. The van der Waals surface area contributed by atoms with E-state index < -0.39 is 0 Å². The summed E-state index contributed by atoms with van der Waals surface area (Å²) in [6, 6.07) is 3.98. The van der Waals surface area contributed by atoms with E-state index in [4.69, 9.17) is 0 Å². The van der Waals surface area contributed by atoms with Crippen LogP contribution in [0.1, 0.15) is 38.2 Å². The van der Waals surface area contributed by atoms with E-state index in [1.54, 1.807) is 0 Å². The number of rotatable bonds is 5. The first-order valence-electron chi connectivity index (χ1n) is 5.32. The van der Waals surface area contributed by atoms with E-state index in [-0.39, 0.29) is 5.75 Å². The Kier molecular flexibility index (Phi) is 5.69. The normalized spacial score (nSPS) is 10.6. The molecule has 84 valence electrons. The second kappa shape index (κ2) is 6.54. The summed E-state index contributed by atoms with van der Waals surface area (Å²) in [5.41, 5.74) is 1.27. The quantitative estimate of drug-likeness (QED) is 0.747. The van der Waals surface area contributed by atoms with Gasteiger partial charge in [-0.25, -0.2) is 0 Å². The summed E-state index contributed by atoms with van der Waals surface area (Å²) in [5, 5.41) is 9.55. The first-order valence-corrected chi connectivity index (χ1v) is 6.90. The van der Waals surface area contributed by atoms with Gasteiger partial charge in [0.15, 0.2) is 0 Å². The van der Waals surface area contributed by atoms with Crippen molar-refractivity contribution in [2.75, 3.05) is 0 Å². The number of phenolic OH excluding ortho intramolecular Hbond substituents is 1. The molecule has 3 heteroatoms. The van der Waals surface area contributed by atoms with E-state index in [0.29, 0.717) is 0 Å². The first kappa shape index (κ1) is 13.0. The van der Waals surface area contributed by atoms with Crippen molar-refractivity contribution in [2.45, 2.75) is 39.0 Å². The van der Waals surface area contributed by atoms with Gasteiger partial charge in [0, 0.05) is 0 Å². The predicted molar refractivity (Wildman–Crippen MR) is 71.4 cm³/mol. The molecule has 0 aromatic heterocycles. The van der Waals surface area contributed by atoms with Crippen LogP contribution in [0.25, 0.3) is 0 Å². The number of hydrogen-bond donors (Lipinski definition) is 1. The van der Waals surface area contributed by atoms with E-state index >= 15 is 0 Å². The lowest BCUT2D eigenvalue weighted by atomic mass is 10.1. The largest absolute Gasteiger partial charge is 0.506 e. The Morgan fingerprint density at radius 1 is 1.07 bits per heavy atom. The Hall–Kier alpha value is -0.0200. The van der Waals surface area contributed by atoms with Gasteiger partial charge >= 0.3 is 0 Å². The van der Waals surface area contributed by atoms with Gasteiger partial charge in [0.25, 0.3) is 0 Å². The number of benzene rings is 1. The minimum Gasteiger partial charge on any atom is -0.506 e. The van der Waals surface area contributed by atoms with Gasteiger partial charge in [-0.15, -0.1) is 0 Å². The van der Waals surface area contributed by atoms with E-state index in [0.717, 1.165) is 15.4 Å². The highest BCUT2D eigenvalue weighted by molar-refractivity contribution is 9.11. The average molecular weight is 336 g/mol. The maximum Gasteiger partial charge on any atom is 0.143 e. The third-order valence-electron chi connectivity index (χ3n) is 2.40. The standard InChI is InChI=1S/C12H16Br2O/c1-2-3-4-5-6-9-7-10(13)12(15)11(14)8-9/h7-8,15H,2-6H2,1H3. The second-order valence-electron chi connectivity index (χ2n) is 3.72. The van der Waals surface area contributed by atoms with Crippen molar-refractivity contribution in [3.63, 3.8) is 0 Å². The fraction of sp³-hybridized carbons (Fsp3) is 0.500. The van der Waals surface area contributed by atoms with Crippen molar-refractivity contribution in [1.82, 2.24) is 0 Å². The third kappa shape index (κ3) is 4.15. The highest BCUT2D eigenvalue weighted by atomic mass is 79.9. The van der Waals surface area contributed by atoms with E-state index in [9.17, 15) is 5.11 Å². The van der Waals surface area contributed by atoms with Gasteiger partial charge in [0.2, 0.25) is 0 Å². The predicted octanol–water partition coefficient (Wildman–Crippen LogP) is 5.04. The minimum atomic E-state index is 0.285. The lowest BCUT2D eigenvalue weighted by Crippen LogP contribution is -1.87. The average Bonchev–Trinajstić information content (AvgIpc) is 2.21. The molecule has 15 heavy (non-hydrogen) atoms. The first-order chi connectivity index (χ1) is 7.15. The van der Waals surface area contributed by atoms with Gasteiger partial charge in [0.1, 0.15) is 5.75 Å². The molecule has 0 heterocycles. The van der Waals surface area contributed by atoms with Crippen LogP contribution in [0.15, 0.2) is 21.1 Å². The zero-order valence-corrected chi connectivity index (χ0v) is 12.1. The van der Waals surface area contributed by atoms with Gasteiger partial charge in [-0.2, -0.15) is 0 Å². The second-order valence-corrected chi connectivity index (χ2v) is 5.43. The smallest absolute Gasteiger partial charge is 0.143 e. The molecule has 0 saturated carbocycles. The van der Waals surface area contributed by atoms with Crippen LogP contribution in [-0.2, 0) is 6.42 Å². The van der Waals surface area contributed by atoms with Crippen LogP contribution in [0, 0.1) is 0 Å². The lowest BCUT2D eigenvalue weighted by Gasteiger charge is -2.05. The summed E-state index contributed by atoms with van der Waals surface area (Å²) >= 11 is 6.68. The molecular weight excluding hydrogens is 320 g/mol. The maximum absolute atomic E-state index is 9.55. The molecule has 1 nitrogen and oxygen atoms in total. The van der Waals surface area contributed by atoms with Crippen LogP contribution in [0.4, 0.5) is 0 Å². The molecule has 0 bridgehead atoms. The molecule has 1 N–H and O–H groups in total. The number of aromatic hydroxyl groups is 1. The lowest BCUT2D eigenvalue weighted by molar-refractivity contribution is 0.468. The van der Waals surface area contributed by atoms with E-state index in [1.165, 1.54) is 31.2 Å². The van der Waals surface area contributed by atoms with Crippen molar-refractivity contribution in [3.8, 4) is 5.75 Å². The minimum absolute atomic E-state index is 0.285. The highest BCUT2D eigenvalue weighted by Gasteiger charge is 2.05. The summed E-state index contributed by atoms with van der Waals surface area (Å²) in [6.45, 7) is 2.22. The van der Waals surface area contributed by atoms with Crippen LogP contribution in [0.3, 0.4) is 0 Å². The fourth-order valence-electron chi connectivity index (χ4n) is 1.52. The number of aryl methyl sites for hydroxylation is 1. The van der Waals surface area contributed by atoms with Gasteiger partial charge in [-0.05, 0) is 62.4 Å². The van der Waals surface area contributed by atoms with Crippen LogP contribution < -0.4 is 0 Å². The molecule has 1 rings (SSSR count). The van der Waals surface area contributed by atoms with E-state index in [2.05, 4.69) is 38.8 Å². The van der Waals surface area contributed by atoms with Crippen molar-refractivity contribution < 1.29 is 5.11 Å². The molecule has 0 aliphatic rings. The van der Waals surface area contributed by atoms with Gasteiger partial charge in [-0.3, -0.25) is 0 Å². The summed E-state index contributed by atoms with van der Waals surface area (Å²) in [6.07, 6.45) is 6.16. The summed E-state index contributed by atoms with van der Waals surface area (Å²) in [4.78, 5) is 0. The topological polar surface area (TPSA) is 20.2 Å². The molecule has 0 atom stereocenters. The molecule has 0 amide bonds. The zero-order chi connectivity index (χ0) is 11.3. The molecular formula is C12H16Br2O. The Balaban J connectivity index is 2.55. The fourth-order valence-corrected chi connectivity index (χ4v) is 2.80. The van der Waals surface area contributed by atoms with Crippen molar-refractivity contribution in [2.24, 2.45) is 0 Å². The number of unbranched alkanes of at least 4 members (excludes halogenated alkanes) is 3. The van der Waals surface area contributed by atoms with Crippen LogP contribution in [-0.4, -0.2) is 5.11 Å². The molecule has 1 aromatic carbocycles. The molecule has 0 aliphatic heterocycles. The Labute approximate surface area is 108 Å². The van der Waals surface area contributed by atoms with Gasteiger partial charge in [0.05, 0.1) is 8.95 Å². The molecule has 0 fully saturated rings. The van der Waals surface area contributed by atoms with Crippen LogP contribution in [0.2, 0.25) is 0 Å². The number of halogens is 2. The van der Waals surface area contributed by atoms with Crippen molar-refractivity contribution >= 4 is 31.9 Å². The Morgan fingerprint density at radius 2 is 1.67 bits per heavy atom. The summed E-state index contributed by atoms with van der Waals surface area (Å²) in [7, 11) is 0. The molecule has 1 aromatic rings. The van der Waals surface area contributed by atoms with Crippen molar-refractivity contribution in [1.29, 1.82) is 0 Å². The van der Waals surface area contributed by atoms with E-state index in [1.807, 2.05) is 12.1 Å². The summed E-state index contributed by atoms with van der Waals surface area (Å²) in [5.74, 6) is 0.285. The Morgan fingerprint density at radius 3 is 2.20 bits per heavy atom. The van der Waals surface area contributed by atoms with Crippen molar-refractivity contribution in [3.05, 3.63) is 26.6 Å². The van der Waals surface area contributed by atoms with Crippen LogP contribution in [0.5, 0.6) is 5.75 Å². The number of hydrogen-bond acceptors (Lipinski definition) is 1. The molecule has 0 saturated heterocycles. The monoisotopic (exact) mass is 334 g/mol. The molecule has 0 radical (unpaired) electrons. The summed E-state index contributed by atoms with van der Waals surface area (Å²) < 4.78 is 1.53. The molecule has 0 unspecified atom stereocenters. The third-order valence-corrected chi connectivity index (χ3v) is 3.60. The zero-order valence-electron chi connectivity index (χ0n) is 8.89. The molecule has 0 spiro atoms. The SMILES string of the molecule is CCCCCCc1cc(Br)c(O)c(Br)c1. The maximum atomic E-state index is 9.55. The number of phenols is 1. The van der Waals surface area contributed by atoms with Gasteiger partial charge in [-0.1, -0.05) is 26.2 Å². The Bertz CT molecular complexity index is 300. The highest BCUT2D eigenvalue weighted by Crippen LogP contribution is 2.33. The van der Waals surface area contributed by atoms with Crippen LogP contribution >= 0.6 is 31.9 Å².